The van der Waals surface area contributed by atoms with Crippen molar-refractivity contribution in [1.29, 1.82) is 0 Å². The molecule has 4 nitrogen and oxygen atoms in total. The summed E-state index contributed by atoms with van der Waals surface area (Å²) in [4.78, 5) is 11.9. The molecule has 100 valence electrons. The maximum absolute atomic E-state index is 13.1. The van der Waals surface area contributed by atoms with Gasteiger partial charge in [0, 0.05) is 6.61 Å². The van der Waals surface area contributed by atoms with Gasteiger partial charge in [-0.15, -0.1) is 0 Å². The number of carbonyl (C=O) groups is 1. The van der Waals surface area contributed by atoms with Crippen LogP contribution in [-0.4, -0.2) is 30.8 Å². The number of anilines is 1. The number of nitrogens with one attached hydrogen (secondary N) is 1. The first kappa shape index (κ1) is 13.5. The van der Waals surface area contributed by atoms with Crippen LogP contribution in [0.2, 0.25) is 0 Å². The molecule has 1 aliphatic heterocycles. The smallest absolute Gasteiger partial charge is 0.229 e. The Morgan fingerprint density at radius 1 is 1.58 bits per heavy atom. The lowest BCUT2D eigenvalue weighted by Crippen LogP contribution is -2.23. The minimum Gasteiger partial charge on any atom is -0.384 e. The van der Waals surface area contributed by atoms with Crippen LogP contribution in [0.1, 0.15) is 12.0 Å². The second-order valence-corrected chi connectivity index (χ2v) is 4.20. The third-order valence-corrected chi connectivity index (χ3v) is 2.84. The van der Waals surface area contributed by atoms with Gasteiger partial charge in [-0.3, -0.25) is 4.79 Å². The van der Waals surface area contributed by atoms with Gasteiger partial charge in [0.25, 0.3) is 0 Å². The Bertz CT molecular complexity index is 527. The first-order chi connectivity index (χ1) is 9.20. The molecule has 1 aromatic carbocycles. The van der Waals surface area contributed by atoms with Crippen LogP contribution < -0.4 is 5.32 Å². The fourth-order valence-corrected chi connectivity index (χ4v) is 1.84. The third kappa shape index (κ3) is 3.53. The number of halogens is 1. The topological polar surface area (TPSA) is 58.6 Å². The van der Waals surface area contributed by atoms with Crippen molar-refractivity contribution in [3.63, 3.8) is 0 Å². The van der Waals surface area contributed by atoms with Gasteiger partial charge in [-0.1, -0.05) is 11.8 Å². The molecule has 1 aliphatic rings. The van der Waals surface area contributed by atoms with Gasteiger partial charge in [0.2, 0.25) is 5.91 Å². The summed E-state index contributed by atoms with van der Waals surface area (Å²) in [5, 5.41) is 11.4. The maximum atomic E-state index is 13.1. The second-order valence-electron chi connectivity index (χ2n) is 4.20. The molecule has 1 aromatic rings. The van der Waals surface area contributed by atoms with E-state index in [1.54, 1.807) is 0 Å². The highest BCUT2D eigenvalue weighted by Gasteiger charge is 2.23. The first-order valence-corrected chi connectivity index (χ1v) is 5.98. The minimum atomic E-state index is -0.440. The molecule has 2 rings (SSSR count). The fourth-order valence-electron chi connectivity index (χ4n) is 1.84. The monoisotopic (exact) mass is 263 g/mol. The zero-order valence-electron chi connectivity index (χ0n) is 10.3. The van der Waals surface area contributed by atoms with Crippen LogP contribution in [0.15, 0.2) is 18.2 Å². The number of amides is 1. The Morgan fingerprint density at radius 2 is 2.42 bits per heavy atom. The summed E-state index contributed by atoms with van der Waals surface area (Å²) in [6, 6.07) is 3.94. The van der Waals surface area contributed by atoms with E-state index < -0.39 is 5.82 Å². The zero-order valence-corrected chi connectivity index (χ0v) is 10.3. The van der Waals surface area contributed by atoms with Gasteiger partial charge >= 0.3 is 0 Å². The van der Waals surface area contributed by atoms with Crippen LogP contribution in [0.3, 0.4) is 0 Å². The van der Waals surface area contributed by atoms with E-state index in [-0.39, 0.29) is 18.4 Å². The van der Waals surface area contributed by atoms with Crippen molar-refractivity contribution in [1.82, 2.24) is 0 Å². The lowest BCUT2D eigenvalue weighted by Gasteiger charge is -2.11. The summed E-state index contributed by atoms with van der Waals surface area (Å²) in [6.45, 7) is 0.670. The van der Waals surface area contributed by atoms with Crippen molar-refractivity contribution in [2.24, 2.45) is 5.92 Å². The zero-order chi connectivity index (χ0) is 13.7. The first-order valence-electron chi connectivity index (χ1n) is 5.98. The van der Waals surface area contributed by atoms with Gasteiger partial charge in [0.05, 0.1) is 23.8 Å². The highest BCUT2D eigenvalue weighted by molar-refractivity contribution is 5.94. The second kappa shape index (κ2) is 6.32. The molecule has 1 unspecified atom stereocenters. The van der Waals surface area contributed by atoms with Gasteiger partial charge < -0.3 is 15.2 Å². The van der Waals surface area contributed by atoms with E-state index in [0.29, 0.717) is 30.9 Å². The highest BCUT2D eigenvalue weighted by atomic mass is 19.1. The maximum Gasteiger partial charge on any atom is 0.229 e. The summed E-state index contributed by atoms with van der Waals surface area (Å²) < 4.78 is 18.3. The van der Waals surface area contributed by atoms with Gasteiger partial charge in [0.1, 0.15) is 12.4 Å². The van der Waals surface area contributed by atoms with Crippen LogP contribution >= 0.6 is 0 Å². The molecule has 0 saturated carbocycles. The Balaban J connectivity index is 2.16. The lowest BCUT2D eigenvalue weighted by molar-refractivity contribution is -0.119. The molecule has 0 aromatic heterocycles. The number of carbonyl (C=O) groups excluding carboxylic acids is 1. The third-order valence-electron chi connectivity index (χ3n) is 2.84. The Kier molecular flexibility index (Phi) is 4.50. The van der Waals surface area contributed by atoms with Gasteiger partial charge in [-0.05, 0) is 24.6 Å². The summed E-state index contributed by atoms with van der Waals surface area (Å²) in [5.41, 5.74) is 0.792. The number of hydrogen-bond donors (Lipinski definition) is 2. The summed E-state index contributed by atoms with van der Waals surface area (Å²) in [6.07, 6.45) is 0.685. The molecule has 2 N–H and O–H groups in total. The van der Waals surface area contributed by atoms with Crippen LogP contribution in [-0.2, 0) is 9.53 Å². The molecule has 19 heavy (non-hydrogen) atoms. The van der Waals surface area contributed by atoms with E-state index in [4.69, 9.17) is 9.84 Å². The molecule has 0 aliphatic carbocycles. The van der Waals surface area contributed by atoms with E-state index in [1.807, 2.05) is 0 Å². The fraction of sp³-hybridized carbons (Fsp3) is 0.357. The molecule has 0 radical (unpaired) electrons. The number of ether oxygens (including phenoxy) is 1. The standard InChI is InChI=1S/C14H14FNO3/c15-12-3-4-13(10(8-12)2-1-6-17)16-14(18)11-5-7-19-9-11/h3-4,8,11,17H,5-7,9H2,(H,16,18). The van der Waals surface area contributed by atoms with Crippen molar-refractivity contribution in [2.75, 3.05) is 25.1 Å². The van der Waals surface area contributed by atoms with E-state index in [1.165, 1.54) is 18.2 Å². The molecule has 1 fully saturated rings. The van der Waals surface area contributed by atoms with Crippen molar-refractivity contribution in [3.05, 3.63) is 29.6 Å². The number of hydrogen-bond acceptors (Lipinski definition) is 3. The Morgan fingerprint density at radius 3 is 3.11 bits per heavy atom. The van der Waals surface area contributed by atoms with Crippen molar-refractivity contribution in [3.8, 4) is 11.8 Å². The number of rotatable bonds is 2. The van der Waals surface area contributed by atoms with Gasteiger partial charge in [-0.25, -0.2) is 4.39 Å². The molecule has 1 atom stereocenters. The SMILES string of the molecule is O=C(Nc1ccc(F)cc1C#CCO)C1CCOC1. The van der Waals surface area contributed by atoms with Crippen LogP contribution in [0.5, 0.6) is 0 Å². The van der Waals surface area contributed by atoms with Crippen LogP contribution in [0.4, 0.5) is 10.1 Å². The molecular weight excluding hydrogens is 249 g/mol. The minimum absolute atomic E-state index is 0.156. The molecule has 0 spiro atoms. The van der Waals surface area contributed by atoms with Crippen molar-refractivity contribution < 1.29 is 19.0 Å². The van der Waals surface area contributed by atoms with E-state index >= 15 is 0 Å². The Hall–Kier alpha value is -1.90. The number of aliphatic hydroxyl groups excluding tert-OH is 1. The van der Waals surface area contributed by atoms with Crippen molar-refractivity contribution in [2.45, 2.75) is 6.42 Å². The van der Waals surface area contributed by atoms with Gasteiger partial charge in [0.15, 0.2) is 0 Å². The summed E-state index contributed by atoms with van der Waals surface area (Å²) in [7, 11) is 0. The van der Waals surface area contributed by atoms with Gasteiger partial charge in [-0.2, -0.15) is 0 Å². The lowest BCUT2D eigenvalue weighted by atomic mass is 10.1. The molecule has 1 saturated heterocycles. The average molecular weight is 263 g/mol. The summed E-state index contributed by atoms with van der Waals surface area (Å²) in [5.74, 6) is 4.28. The normalized spacial score (nSPS) is 17.7. The van der Waals surface area contributed by atoms with Crippen molar-refractivity contribution >= 4 is 11.6 Å². The highest BCUT2D eigenvalue weighted by Crippen LogP contribution is 2.19. The van der Waals surface area contributed by atoms with E-state index in [0.717, 1.165) is 0 Å². The number of aliphatic hydroxyl groups is 1. The Labute approximate surface area is 110 Å². The molecule has 5 heteroatoms. The van der Waals surface area contributed by atoms with Crippen LogP contribution in [0, 0.1) is 23.6 Å². The van der Waals surface area contributed by atoms with E-state index in [2.05, 4.69) is 17.2 Å². The molecular formula is C14H14FNO3. The molecule has 1 amide bonds. The van der Waals surface area contributed by atoms with Crippen LogP contribution in [0.25, 0.3) is 0 Å². The molecule has 0 bridgehead atoms. The summed E-state index contributed by atoms with van der Waals surface area (Å²) >= 11 is 0. The largest absolute Gasteiger partial charge is 0.384 e. The quantitative estimate of drug-likeness (QED) is 0.787. The number of benzene rings is 1. The molecule has 1 heterocycles. The van der Waals surface area contributed by atoms with E-state index in [9.17, 15) is 9.18 Å². The average Bonchev–Trinajstić information content (AvgIpc) is 2.93. The predicted molar refractivity (Wildman–Crippen MR) is 67.9 cm³/mol. The predicted octanol–water partition coefficient (Wildman–Crippen LogP) is 1.14.